The van der Waals surface area contributed by atoms with E-state index in [1.165, 1.54) is 27.8 Å². The molecule has 0 spiro atoms. The maximum atomic E-state index is 6.38. The quantitative estimate of drug-likeness (QED) is 0.909. The van der Waals surface area contributed by atoms with Gasteiger partial charge in [-0.3, -0.25) is 4.98 Å². The lowest BCUT2D eigenvalue weighted by Crippen LogP contribution is -2.17. The van der Waals surface area contributed by atoms with Gasteiger partial charge >= 0.3 is 0 Å². The average Bonchev–Trinajstić information content (AvgIpc) is 2.30. The second-order valence-electron chi connectivity index (χ2n) is 5.45. The molecule has 2 heteroatoms. The zero-order valence-corrected chi connectivity index (χ0v) is 12.2. The van der Waals surface area contributed by atoms with Crippen LogP contribution < -0.4 is 5.73 Å². The van der Waals surface area contributed by atoms with Gasteiger partial charge in [0.1, 0.15) is 0 Å². The molecule has 0 fully saturated rings. The Hall–Kier alpha value is -1.67. The maximum absolute atomic E-state index is 6.38. The number of aromatic nitrogens is 1. The van der Waals surface area contributed by atoms with E-state index in [-0.39, 0.29) is 6.04 Å². The first-order chi connectivity index (χ1) is 8.97. The van der Waals surface area contributed by atoms with Gasteiger partial charge in [-0.2, -0.15) is 0 Å². The van der Waals surface area contributed by atoms with Crippen LogP contribution in [0.25, 0.3) is 0 Å². The molecule has 0 amide bonds. The van der Waals surface area contributed by atoms with E-state index in [1.54, 1.807) is 0 Å². The summed E-state index contributed by atoms with van der Waals surface area (Å²) in [4.78, 5) is 4.44. The Morgan fingerprint density at radius 2 is 1.63 bits per heavy atom. The van der Waals surface area contributed by atoms with Crippen LogP contribution >= 0.6 is 0 Å². The van der Waals surface area contributed by atoms with E-state index in [0.717, 1.165) is 12.1 Å². The molecule has 100 valence electrons. The Labute approximate surface area is 115 Å². The fraction of sp³-hybridized carbons (Fsp3) is 0.353. The molecule has 1 unspecified atom stereocenters. The van der Waals surface area contributed by atoms with Crippen molar-refractivity contribution in [3.63, 3.8) is 0 Å². The summed E-state index contributed by atoms with van der Waals surface area (Å²) in [5.74, 6) is 0. The summed E-state index contributed by atoms with van der Waals surface area (Å²) in [7, 11) is 0. The first-order valence-electron chi connectivity index (χ1n) is 6.72. The van der Waals surface area contributed by atoms with Gasteiger partial charge in [-0.05, 0) is 56.0 Å². The van der Waals surface area contributed by atoms with Crippen LogP contribution in [0.1, 0.15) is 39.6 Å². The molecule has 1 aromatic carbocycles. The standard InChI is InChI=1S/C17H22N2/c1-11-5-6-15(19-10-11)9-16(18)17-13(3)7-12(2)8-14(17)4/h5-8,10,16H,9,18H2,1-4H3. The number of benzene rings is 1. The van der Waals surface area contributed by atoms with Crippen LogP contribution in [0, 0.1) is 27.7 Å². The Bertz CT molecular complexity index is 547. The maximum Gasteiger partial charge on any atom is 0.0422 e. The normalized spacial score (nSPS) is 12.5. The van der Waals surface area contributed by atoms with Crippen LogP contribution in [-0.2, 0) is 6.42 Å². The molecule has 0 saturated carbocycles. The van der Waals surface area contributed by atoms with Crippen molar-refractivity contribution in [3.8, 4) is 0 Å². The Balaban J connectivity index is 2.25. The van der Waals surface area contributed by atoms with E-state index in [9.17, 15) is 0 Å². The third-order valence-electron chi connectivity index (χ3n) is 3.51. The van der Waals surface area contributed by atoms with Crippen LogP contribution in [-0.4, -0.2) is 4.98 Å². The second kappa shape index (κ2) is 5.54. The van der Waals surface area contributed by atoms with E-state index >= 15 is 0 Å². The lowest BCUT2D eigenvalue weighted by molar-refractivity contribution is 0.696. The van der Waals surface area contributed by atoms with Crippen LogP contribution in [0.3, 0.4) is 0 Å². The minimum atomic E-state index is 0.0100. The molecule has 0 aliphatic carbocycles. The fourth-order valence-electron chi connectivity index (χ4n) is 2.72. The van der Waals surface area contributed by atoms with Crippen molar-refractivity contribution in [1.82, 2.24) is 4.98 Å². The van der Waals surface area contributed by atoms with Crippen molar-refractivity contribution in [2.45, 2.75) is 40.2 Å². The Morgan fingerprint density at radius 3 is 2.16 bits per heavy atom. The van der Waals surface area contributed by atoms with Gasteiger partial charge in [-0.25, -0.2) is 0 Å². The summed E-state index contributed by atoms with van der Waals surface area (Å²) < 4.78 is 0. The summed E-state index contributed by atoms with van der Waals surface area (Å²) in [6.45, 7) is 8.44. The number of nitrogens with zero attached hydrogens (tertiary/aromatic N) is 1. The lowest BCUT2D eigenvalue weighted by Gasteiger charge is -2.18. The summed E-state index contributed by atoms with van der Waals surface area (Å²) in [5.41, 5.74) is 13.7. The van der Waals surface area contributed by atoms with Crippen LogP contribution in [0.2, 0.25) is 0 Å². The number of rotatable bonds is 3. The van der Waals surface area contributed by atoms with Gasteiger partial charge in [-0.1, -0.05) is 23.8 Å². The number of hydrogen-bond donors (Lipinski definition) is 1. The highest BCUT2D eigenvalue weighted by Crippen LogP contribution is 2.24. The summed E-state index contributed by atoms with van der Waals surface area (Å²) >= 11 is 0. The Kier molecular flexibility index (Phi) is 4.01. The van der Waals surface area contributed by atoms with E-state index in [2.05, 4.69) is 50.0 Å². The molecule has 0 aliphatic heterocycles. The smallest absolute Gasteiger partial charge is 0.0422 e. The van der Waals surface area contributed by atoms with E-state index in [4.69, 9.17) is 5.73 Å². The number of hydrogen-bond acceptors (Lipinski definition) is 2. The van der Waals surface area contributed by atoms with Gasteiger partial charge in [-0.15, -0.1) is 0 Å². The molecule has 0 bridgehead atoms. The monoisotopic (exact) mass is 254 g/mol. The van der Waals surface area contributed by atoms with Gasteiger partial charge in [0.25, 0.3) is 0 Å². The SMILES string of the molecule is Cc1ccc(CC(N)c2c(C)cc(C)cc2C)nc1. The highest BCUT2D eigenvalue weighted by atomic mass is 14.7. The zero-order valence-electron chi connectivity index (χ0n) is 12.2. The fourth-order valence-corrected chi connectivity index (χ4v) is 2.72. The van der Waals surface area contributed by atoms with E-state index in [0.29, 0.717) is 0 Å². The van der Waals surface area contributed by atoms with Crippen LogP contribution in [0.15, 0.2) is 30.5 Å². The van der Waals surface area contributed by atoms with Crippen molar-refractivity contribution < 1.29 is 0 Å². The molecular formula is C17H22N2. The lowest BCUT2D eigenvalue weighted by atomic mass is 9.92. The molecule has 2 rings (SSSR count). The molecular weight excluding hydrogens is 232 g/mol. The number of nitrogens with two attached hydrogens (primary N) is 1. The van der Waals surface area contributed by atoms with Crippen molar-refractivity contribution in [2.24, 2.45) is 5.73 Å². The predicted octanol–water partition coefficient (Wildman–Crippen LogP) is 3.56. The third kappa shape index (κ3) is 3.21. The van der Waals surface area contributed by atoms with Crippen LogP contribution in [0.5, 0.6) is 0 Å². The molecule has 0 radical (unpaired) electrons. The molecule has 0 aliphatic rings. The van der Waals surface area contributed by atoms with Gasteiger partial charge < -0.3 is 5.73 Å². The minimum absolute atomic E-state index is 0.0100. The van der Waals surface area contributed by atoms with Gasteiger partial charge in [0, 0.05) is 24.4 Å². The number of pyridine rings is 1. The molecule has 1 heterocycles. The minimum Gasteiger partial charge on any atom is -0.324 e. The molecule has 1 atom stereocenters. The van der Waals surface area contributed by atoms with Gasteiger partial charge in [0.15, 0.2) is 0 Å². The molecule has 1 aromatic heterocycles. The molecule has 19 heavy (non-hydrogen) atoms. The molecule has 0 saturated heterocycles. The van der Waals surface area contributed by atoms with E-state index < -0.39 is 0 Å². The second-order valence-corrected chi connectivity index (χ2v) is 5.45. The summed E-state index contributed by atoms with van der Waals surface area (Å²) in [5, 5.41) is 0. The average molecular weight is 254 g/mol. The number of aryl methyl sites for hydroxylation is 4. The Morgan fingerprint density at radius 1 is 1.00 bits per heavy atom. The predicted molar refractivity (Wildman–Crippen MR) is 80.3 cm³/mol. The van der Waals surface area contributed by atoms with Crippen molar-refractivity contribution in [2.75, 3.05) is 0 Å². The third-order valence-corrected chi connectivity index (χ3v) is 3.51. The summed E-state index contributed by atoms with van der Waals surface area (Å²) in [6, 6.07) is 8.56. The van der Waals surface area contributed by atoms with E-state index in [1.807, 2.05) is 13.1 Å². The van der Waals surface area contributed by atoms with Crippen molar-refractivity contribution >= 4 is 0 Å². The molecule has 2 nitrogen and oxygen atoms in total. The zero-order chi connectivity index (χ0) is 14.0. The van der Waals surface area contributed by atoms with Gasteiger partial charge in [0.2, 0.25) is 0 Å². The first kappa shape index (κ1) is 13.8. The first-order valence-corrected chi connectivity index (χ1v) is 6.72. The van der Waals surface area contributed by atoms with Crippen LogP contribution in [0.4, 0.5) is 0 Å². The molecule has 2 N–H and O–H groups in total. The van der Waals surface area contributed by atoms with Crippen molar-refractivity contribution in [3.05, 3.63) is 64.0 Å². The summed E-state index contributed by atoms with van der Waals surface area (Å²) in [6.07, 6.45) is 2.68. The topological polar surface area (TPSA) is 38.9 Å². The largest absolute Gasteiger partial charge is 0.324 e. The molecule has 2 aromatic rings. The van der Waals surface area contributed by atoms with Gasteiger partial charge in [0.05, 0.1) is 0 Å². The highest BCUT2D eigenvalue weighted by molar-refractivity contribution is 5.40. The van der Waals surface area contributed by atoms with Crippen molar-refractivity contribution in [1.29, 1.82) is 0 Å². The highest BCUT2D eigenvalue weighted by Gasteiger charge is 2.13.